The van der Waals surface area contributed by atoms with Crippen LogP contribution in [0.2, 0.25) is 0 Å². The van der Waals surface area contributed by atoms with Crippen molar-refractivity contribution in [1.82, 2.24) is 0 Å². The number of rotatable bonds is 1. The van der Waals surface area contributed by atoms with Gasteiger partial charge in [0.1, 0.15) is 10.7 Å². The summed E-state index contributed by atoms with van der Waals surface area (Å²) in [7, 11) is -4.41. The molecule has 3 nitrogen and oxygen atoms in total. The van der Waals surface area contributed by atoms with Gasteiger partial charge in [-0.3, -0.25) is 4.55 Å². The Bertz CT molecular complexity index is 363. The molecule has 0 bridgehead atoms. The van der Waals surface area contributed by atoms with Crippen LogP contribution >= 0.6 is 0 Å². The molecule has 0 spiro atoms. The first kappa shape index (κ1) is 12.1. The molecule has 0 aliphatic rings. The first-order valence-electron chi connectivity index (χ1n) is 2.74. The quantitative estimate of drug-likeness (QED) is 0.534. The van der Waals surface area contributed by atoms with E-state index in [0.29, 0.717) is 0 Å². The normalized spacial score (nSPS) is 10.5. The van der Waals surface area contributed by atoms with E-state index in [2.05, 4.69) is 0 Å². The molecule has 0 saturated heterocycles. The third-order valence-corrected chi connectivity index (χ3v) is 2.00. The van der Waals surface area contributed by atoms with E-state index in [9.17, 15) is 12.8 Å². The van der Waals surface area contributed by atoms with Gasteiger partial charge in [0.25, 0.3) is 10.1 Å². The third kappa shape index (κ3) is 2.84. The van der Waals surface area contributed by atoms with E-state index in [0.717, 1.165) is 12.1 Å². The van der Waals surface area contributed by atoms with Crippen molar-refractivity contribution in [3.8, 4) is 0 Å². The van der Waals surface area contributed by atoms with Gasteiger partial charge in [-0.05, 0) is 12.1 Å². The molecule has 1 aromatic carbocycles. The van der Waals surface area contributed by atoms with Crippen LogP contribution in [0.1, 0.15) is 0 Å². The minimum atomic E-state index is -4.41. The summed E-state index contributed by atoms with van der Waals surface area (Å²) in [6.45, 7) is 0. The molecule has 0 unspecified atom stereocenters. The van der Waals surface area contributed by atoms with E-state index in [-0.39, 0.29) is 29.6 Å². The fraction of sp³-hybridized carbons (Fsp3) is 0. The van der Waals surface area contributed by atoms with E-state index in [4.69, 9.17) is 4.55 Å². The molecule has 1 rings (SSSR count). The van der Waals surface area contributed by atoms with E-state index < -0.39 is 20.8 Å². The second-order valence-electron chi connectivity index (χ2n) is 1.91. The van der Waals surface area contributed by atoms with Crippen molar-refractivity contribution in [1.29, 1.82) is 0 Å². The molecule has 0 heterocycles. The summed E-state index contributed by atoms with van der Waals surface area (Å²) < 4.78 is 41.7. The Hall–Kier alpha value is 0.0600. The van der Waals surface area contributed by atoms with Gasteiger partial charge in [0.05, 0.1) is 0 Å². The molecule has 1 radical (unpaired) electrons. The first-order valence-corrected chi connectivity index (χ1v) is 4.18. The minimum absolute atomic E-state index is 0. The number of hydrogen-bond donors (Lipinski definition) is 1. The van der Waals surface area contributed by atoms with E-state index in [1.54, 1.807) is 0 Å². The Morgan fingerprint density at radius 1 is 1.25 bits per heavy atom. The monoisotopic (exact) mass is 199 g/mol. The largest absolute Gasteiger partial charge is 0.297 e. The molecule has 0 fully saturated rings. The summed E-state index contributed by atoms with van der Waals surface area (Å²) in [5, 5.41) is 0. The number of halogens is 1. The van der Waals surface area contributed by atoms with Crippen LogP contribution in [-0.2, 0) is 10.1 Å². The maximum atomic E-state index is 12.5. The van der Waals surface area contributed by atoms with Crippen molar-refractivity contribution in [3.63, 3.8) is 0 Å². The summed E-state index contributed by atoms with van der Waals surface area (Å²) in [6.07, 6.45) is 0. The van der Waals surface area contributed by atoms with Gasteiger partial charge in [0.15, 0.2) is 0 Å². The number of hydrogen-bond acceptors (Lipinski definition) is 2. The SMILES string of the molecule is O=S(=O)(O)c1ccccc1F.[Na]. The van der Waals surface area contributed by atoms with Gasteiger partial charge in [0, 0.05) is 29.6 Å². The molecule has 0 atom stereocenters. The van der Waals surface area contributed by atoms with Crippen LogP contribution in [0.4, 0.5) is 4.39 Å². The van der Waals surface area contributed by atoms with E-state index in [1.807, 2.05) is 0 Å². The van der Waals surface area contributed by atoms with E-state index in [1.165, 1.54) is 12.1 Å². The van der Waals surface area contributed by atoms with Crippen LogP contribution in [0.15, 0.2) is 29.2 Å². The van der Waals surface area contributed by atoms with E-state index >= 15 is 0 Å². The van der Waals surface area contributed by atoms with Crippen molar-refractivity contribution in [2.24, 2.45) is 0 Å². The first-order chi connectivity index (χ1) is 5.02. The molecule has 0 aromatic heterocycles. The number of benzene rings is 1. The van der Waals surface area contributed by atoms with Crippen molar-refractivity contribution in [2.45, 2.75) is 4.90 Å². The van der Waals surface area contributed by atoms with Crippen LogP contribution in [-0.4, -0.2) is 42.5 Å². The van der Waals surface area contributed by atoms with Crippen LogP contribution in [0.3, 0.4) is 0 Å². The molecular weight excluding hydrogens is 194 g/mol. The fourth-order valence-corrected chi connectivity index (χ4v) is 1.22. The van der Waals surface area contributed by atoms with Crippen molar-refractivity contribution in [2.75, 3.05) is 0 Å². The van der Waals surface area contributed by atoms with Crippen LogP contribution in [0.5, 0.6) is 0 Å². The van der Waals surface area contributed by atoms with Gasteiger partial charge >= 0.3 is 0 Å². The standard InChI is InChI=1S/C6H5FO3S.Na/c7-5-3-1-2-4-6(5)11(8,9)10;/h1-4H,(H,8,9,10);. The zero-order valence-corrected chi connectivity index (χ0v) is 9.18. The van der Waals surface area contributed by atoms with Gasteiger partial charge in [0.2, 0.25) is 0 Å². The molecule has 6 heteroatoms. The minimum Gasteiger partial charge on any atom is -0.282 e. The Kier molecular flexibility index (Phi) is 4.36. The van der Waals surface area contributed by atoms with Gasteiger partial charge < -0.3 is 0 Å². The topological polar surface area (TPSA) is 54.4 Å². The molecule has 1 N–H and O–H groups in total. The van der Waals surface area contributed by atoms with Crippen LogP contribution in [0.25, 0.3) is 0 Å². The Balaban J connectivity index is 0.00000121. The van der Waals surface area contributed by atoms with Crippen molar-refractivity contribution >= 4 is 39.7 Å². The second-order valence-corrected chi connectivity index (χ2v) is 3.30. The van der Waals surface area contributed by atoms with Gasteiger partial charge in [-0.2, -0.15) is 8.42 Å². The Labute approximate surface area is 91.6 Å². The zero-order chi connectivity index (χ0) is 8.48. The summed E-state index contributed by atoms with van der Waals surface area (Å²) in [5.41, 5.74) is 0. The van der Waals surface area contributed by atoms with Gasteiger partial charge in [-0.25, -0.2) is 4.39 Å². The molecule has 0 saturated carbocycles. The Morgan fingerprint density at radius 3 is 2.08 bits per heavy atom. The predicted molar refractivity (Wildman–Crippen MR) is 42.0 cm³/mol. The summed E-state index contributed by atoms with van der Waals surface area (Å²) in [6, 6.07) is 4.62. The maximum absolute atomic E-state index is 12.5. The average molecular weight is 199 g/mol. The molecule has 0 aliphatic carbocycles. The van der Waals surface area contributed by atoms with Gasteiger partial charge in [-0.1, -0.05) is 12.1 Å². The maximum Gasteiger partial charge on any atom is 0.297 e. The fourth-order valence-electron chi connectivity index (χ4n) is 0.654. The molecule has 1 aromatic rings. The van der Waals surface area contributed by atoms with Crippen molar-refractivity contribution < 1.29 is 17.4 Å². The van der Waals surface area contributed by atoms with Crippen molar-refractivity contribution in [3.05, 3.63) is 30.1 Å². The summed E-state index contributed by atoms with van der Waals surface area (Å²) in [4.78, 5) is -0.694. The molecular formula is C6H5FNaO3S. The predicted octanol–water partition coefficient (Wildman–Crippen LogP) is 0.692. The molecule has 12 heavy (non-hydrogen) atoms. The summed E-state index contributed by atoms with van der Waals surface area (Å²) in [5.74, 6) is -0.949. The van der Waals surface area contributed by atoms with Crippen LogP contribution < -0.4 is 0 Å². The smallest absolute Gasteiger partial charge is 0.282 e. The zero-order valence-electron chi connectivity index (χ0n) is 6.36. The summed E-state index contributed by atoms with van der Waals surface area (Å²) >= 11 is 0. The average Bonchev–Trinajstić information content (AvgIpc) is 1.86. The van der Waals surface area contributed by atoms with Gasteiger partial charge in [-0.15, -0.1) is 0 Å². The third-order valence-electron chi connectivity index (χ3n) is 1.11. The molecule has 61 valence electrons. The molecule has 0 amide bonds. The Morgan fingerprint density at radius 2 is 1.75 bits per heavy atom. The molecule has 0 aliphatic heterocycles. The second kappa shape index (κ2) is 4.34. The van der Waals surface area contributed by atoms with Crippen LogP contribution in [0, 0.1) is 5.82 Å².